The first-order valence-electron chi connectivity index (χ1n) is 10.4. The minimum absolute atomic E-state index is 0.0843. The minimum atomic E-state index is -0.0843. The van der Waals surface area contributed by atoms with Gasteiger partial charge in [-0.1, -0.05) is 57.5 Å². The predicted octanol–water partition coefficient (Wildman–Crippen LogP) is 7.88. The number of carbonyl (C=O) groups is 1. The van der Waals surface area contributed by atoms with Crippen molar-refractivity contribution in [3.8, 4) is 10.6 Å². The van der Waals surface area contributed by atoms with Crippen LogP contribution in [0, 0.1) is 13.8 Å². The second-order valence-electron chi connectivity index (χ2n) is 6.34. The van der Waals surface area contributed by atoms with Gasteiger partial charge in [-0.2, -0.15) is 0 Å². The summed E-state index contributed by atoms with van der Waals surface area (Å²) in [5.41, 5.74) is 5.60. The third-order valence-electron chi connectivity index (χ3n) is 4.32. The number of carbonyl (C=O) groups excluding carboxylic acids is 1. The Kier molecular flexibility index (Phi) is 8.75. The Morgan fingerprint density at radius 2 is 1.53 bits per heavy atom. The number of thiazole rings is 1. The second kappa shape index (κ2) is 11.3. The van der Waals surface area contributed by atoms with E-state index in [1.54, 1.807) is 11.3 Å². The molecule has 0 unspecified atom stereocenters. The predicted molar refractivity (Wildman–Crippen MR) is 132 cm³/mol. The van der Waals surface area contributed by atoms with Crippen LogP contribution in [0.2, 0.25) is 0 Å². The standard InChI is InChI=1S/C22H18N2OS.2C2H6/c1-14-7-8-15(2)18(13-14)21(25)23-17-11-9-16(10-12-17)22-24-19-5-3-4-6-20(19)26-22;2*1-2/h3-13H,1-2H3,(H,23,25);2*1-2H3. The number of para-hydroxylation sites is 1. The van der Waals surface area contributed by atoms with E-state index in [0.29, 0.717) is 5.56 Å². The molecule has 4 aromatic rings. The van der Waals surface area contributed by atoms with Crippen molar-refractivity contribution >= 4 is 33.1 Å². The van der Waals surface area contributed by atoms with Crippen LogP contribution in [0.15, 0.2) is 66.7 Å². The molecule has 3 nitrogen and oxygen atoms in total. The normalized spacial score (nSPS) is 9.80. The molecule has 4 heteroatoms. The molecule has 3 aromatic carbocycles. The molecular formula is C26H30N2OS. The smallest absolute Gasteiger partial charge is 0.255 e. The van der Waals surface area contributed by atoms with Gasteiger partial charge in [0.1, 0.15) is 5.01 Å². The van der Waals surface area contributed by atoms with Gasteiger partial charge in [0.25, 0.3) is 5.91 Å². The number of nitrogens with zero attached hydrogens (tertiary/aromatic N) is 1. The molecule has 0 spiro atoms. The Labute approximate surface area is 183 Å². The number of aromatic nitrogens is 1. The van der Waals surface area contributed by atoms with Crippen LogP contribution in [0.1, 0.15) is 49.2 Å². The van der Waals surface area contributed by atoms with Gasteiger partial charge in [-0.3, -0.25) is 4.79 Å². The first kappa shape index (κ1) is 23.3. The molecule has 0 fully saturated rings. The number of amides is 1. The van der Waals surface area contributed by atoms with Gasteiger partial charge in [-0.15, -0.1) is 11.3 Å². The van der Waals surface area contributed by atoms with Crippen molar-refractivity contribution in [1.82, 2.24) is 4.98 Å². The molecule has 0 bridgehead atoms. The van der Waals surface area contributed by atoms with E-state index in [1.165, 1.54) is 4.70 Å². The Hall–Kier alpha value is -2.98. The highest BCUT2D eigenvalue weighted by atomic mass is 32.1. The molecular weight excluding hydrogens is 388 g/mol. The Morgan fingerprint density at radius 3 is 2.20 bits per heavy atom. The fourth-order valence-corrected chi connectivity index (χ4v) is 3.84. The molecule has 156 valence electrons. The van der Waals surface area contributed by atoms with Gasteiger partial charge < -0.3 is 5.32 Å². The van der Waals surface area contributed by atoms with Gasteiger partial charge in [0.15, 0.2) is 0 Å². The molecule has 1 amide bonds. The van der Waals surface area contributed by atoms with E-state index in [2.05, 4.69) is 16.4 Å². The zero-order valence-corrected chi connectivity index (χ0v) is 19.4. The van der Waals surface area contributed by atoms with Crippen LogP contribution in [-0.2, 0) is 0 Å². The Morgan fingerprint density at radius 1 is 0.867 bits per heavy atom. The average molecular weight is 419 g/mol. The van der Waals surface area contributed by atoms with Gasteiger partial charge in [-0.25, -0.2) is 4.98 Å². The maximum absolute atomic E-state index is 12.5. The molecule has 1 heterocycles. The number of hydrogen-bond acceptors (Lipinski definition) is 3. The van der Waals surface area contributed by atoms with Gasteiger partial charge in [0.05, 0.1) is 10.2 Å². The van der Waals surface area contributed by atoms with Crippen LogP contribution < -0.4 is 5.32 Å². The van der Waals surface area contributed by atoms with Crippen LogP contribution in [0.4, 0.5) is 5.69 Å². The van der Waals surface area contributed by atoms with E-state index in [9.17, 15) is 4.79 Å². The van der Waals surface area contributed by atoms with Crippen molar-refractivity contribution in [1.29, 1.82) is 0 Å². The van der Waals surface area contributed by atoms with Crippen LogP contribution in [0.3, 0.4) is 0 Å². The highest BCUT2D eigenvalue weighted by molar-refractivity contribution is 7.21. The summed E-state index contributed by atoms with van der Waals surface area (Å²) in [6, 6.07) is 21.9. The lowest BCUT2D eigenvalue weighted by molar-refractivity contribution is 0.102. The lowest BCUT2D eigenvalue weighted by Gasteiger charge is -2.09. The van der Waals surface area contributed by atoms with Crippen molar-refractivity contribution in [2.75, 3.05) is 5.32 Å². The number of hydrogen-bond donors (Lipinski definition) is 1. The molecule has 4 rings (SSSR count). The topological polar surface area (TPSA) is 42.0 Å². The summed E-state index contributed by atoms with van der Waals surface area (Å²) >= 11 is 1.67. The first-order valence-corrected chi connectivity index (χ1v) is 11.3. The van der Waals surface area contributed by atoms with E-state index in [1.807, 2.05) is 102 Å². The van der Waals surface area contributed by atoms with E-state index in [0.717, 1.165) is 32.9 Å². The number of benzene rings is 3. The van der Waals surface area contributed by atoms with Gasteiger partial charge in [-0.05, 0) is 61.9 Å². The molecule has 0 saturated carbocycles. The maximum atomic E-state index is 12.5. The number of nitrogens with one attached hydrogen (secondary N) is 1. The van der Waals surface area contributed by atoms with Gasteiger partial charge in [0.2, 0.25) is 0 Å². The average Bonchev–Trinajstić information content (AvgIpc) is 3.23. The van der Waals surface area contributed by atoms with Crippen molar-refractivity contribution in [3.63, 3.8) is 0 Å². The monoisotopic (exact) mass is 418 g/mol. The maximum Gasteiger partial charge on any atom is 0.255 e. The molecule has 0 aliphatic rings. The highest BCUT2D eigenvalue weighted by Gasteiger charge is 2.10. The lowest BCUT2D eigenvalue weighted by Crippen LogP contribution is -2.13. The third kappa shape index (κ3) is 5.55. The summed E-state index contributed by atoms with van der Waals surface area (Å²) in [5.74, 6) is -0.0843. The molecule has 0 saturated heterocycles. The Bertz CT molecular complexity index is 1060. The molecule has 1 aromatic heterocycles. The van der Waals surface area contributed by atoms with Gasteiger partial charge >= 0.3 is 0 Å². The number of anilines is 1. The van der Waals surface area contributed by atoms with Crippen LogP contribution >= 0.6 is 11.3 Å². The lowest BCUT2D eigenvalue weighted by atomic mass is 10.0. The zero-order chi connectivity index (χ0) is 22.1. The van der Waals surface area contributed by atoms with Crippen molar-refractivity contribution in [2.24, 2.45) is 0 Å². The van der Waals surface area contributed by atoms with Crippen molar-refractivity contribution in [2.45, 2.75) is 41.5 Å². The minimum Gasteiger partial charge on any atom is -0.322 e. The summed E-state index contributed by atoms with van der Waals surface area (Å²) in [6.45, 7) is 11.9. The fraction of sp³-hybridized carbons (Fsp3) is 0.231. The number of rotatable bonds is 3. The van der Waals surface area contributed by atoms with Crippen LogP contribution in [0.5, 0.6) is 0 Å². The van der Waals surface area contributed by atoms with E-state index in [-0.39, 0.29) is 5.91 Å². The van der Waals surface area contributed by atoms with E-state index < -0.39 is 0 Å². The summed E-state index contributed by atoms with van der Waals surface area (Å²) in [7, 11) is 0. The summed E-state index contributed by atoms with van der Waals surface area (Å²) in [5, 5.41) is 3.96. The number of aryl methyl sites for hydroxylation is 2. The van der Waals surface area contributed by atoms with Crippen molar-refractivity contribution in [3.05, 3.63) is 83.4 Å². The zero-order valence-electron chi connectivity index (χ0n) is 18.6. The molecule has 0 aliphatic heterocycles. The fourth-order valence-electron chi connectivity index (χ4n) is 2.87. The molecule has 0 radical (unpaired) electrons. The molecule has 1 N–H and O–H groups in total. The first-order chi connectivity index (χ1) is 14.6. The SMILES string of the molecule is CC.CC.Cc1ccc(C)c(C(=O)Nc2ccc(-c3nc4ccccc4s3)cc2)c1. The van der Waals surface area contributed by atoms with Crippen LogP contribution in [-0.4, -0.2) is 10.9 Å². The summed E-state index contributed by atoms with van der Waals surface area (Å²) in [4.78, 5) is 17.2. The molecule has 0 atom stereocenters. The van der Waals surface area contributed by atoms with E-state index in [4.69, 9.17) is 0 Å². The molecule has 0 aliphatic carbocycles. The second-order valence-corrected chi connectivity index (χ2v) is 7.37. The van der Waals surface area contributed by atoms with Gasteiger partial charge in [0, 0.05) is 16.8 Å². The Balaban J connectivity index is 0.000000757. The highest BCUT2D eigenvalue weighted by Crippen LogP contribution is 2.30. The third-order valence-corrected chi connectivity index (χ3v) is 5.41. The number of fused-ring (bicyclic) bond motifs is 1. The van der Waals surface area contributed by atoms with Crippen molar-refractivity contribution < 1.29 is 4.79 Å². The molecule has 30 heavy (non-hydrogen) atoms. The summed E-state index contributed by atoms with van der Waals surface area (Å²) in [6.07, 6.45) is 0. The summed E-state index contributed by atoms with van der Waals surface area (Å²) < 4.78 is 1.18. The quantitative estimate of drug-likeness (QED) is 0.367. The van der Waals surface area contributed by atoms with Crippen LogP contribution in [0.25, 0.3) is 20.8 Å². The van der Waals surface area contributed by atoms with E-state index >= 15 is 0 Å². The largest absolute Gasteiger partial charge is 0.322 e.